The largest absolute Gasteiger partial charge is 0.378 e. The molecule has 0 spiro atoms. The van der Waals surface area contributed by atoms with Crippen LogP contribution in [0.3, 0.4) is 0 Å². The first kappa shape index (κ1) is 11.9. The van der Waals surface area contributed by atoms with Gasteiger partial charge in [-0.05, 0) is 37.8 Å². The van der Waals surface area contributed by atoms with Crippen LogP contribution >= 0.6 is 11.6 Å². The van der Waals surface area contributed by atoms with E-state index < -0.39 is 5.54 Å². The summed E-state index contributed by atoms with van der Waals surface area (Å²) in [5, 5.41) is 0.741. The van der Waals surface area contributed by atoms with Gasteiger partial charge in [0, 0.05) is 17.2 Å². The van der Waals surface area contributed by atoms with Crippen LogP contribution in [0.1, 0.15) is 31.7 Å². The standard InChI is InChI=1S/C13H18ClNO/c1-13(15,9-10-5-4-8-16-10)11-6-2-3-7-12(11)14/h2-3,6-7,10H,4-5,8-9,15H2,1H3. The van der Waals surface area contributed by atoms with Crippen LogP contribution in [0.5, 0.6) is 0 Å². The number of hydrogen-bond donors (Lipinski definition) is 1. The molecule has 2 N–H and O–H groups in total. The van der Waals surface area contributed by atoms with Crippen molar-refractivity contribution < 1.29 is 4.74 Å². The summed E-state index contributed by atoms with van der Waals surface area (Å²) in [6.45, 7) is 2.89. The minimum Gasteiger partial charge on any atom is -0.378 e. The summed E-state index contributed by atoms with van der Waals surface area (Å²) in [5.74, 6) is 0. The molecule has 3 heteroatoms. The fourth-order valence-electron chi connectivity index (χ4n) is 2.31. The van der Waals surface area contributed by atoms with Gasteiger partial charge in [-0.1, -0.05) is 29.8 Å². The van der Waals surface area contributed by atoms with E-state index in [1.807, 2.05) is 31.2 Å². The smallest absolute Gasteiger partial charge is 0.0596 e. The lowest BCUT2D eigenvalue weighted by molar-refractivity contribution is 0.0856. The Morgan fingerprint density at radius 1 is 1.50 bits per heavy atom. The third kappa shape index (κ3) is 2.57. The molecule has 2 unspecified atom stereocenters. The van der Waals surface area contributed by atoms with E-state index in [0.717, 1.165) is 36.5 Å². The maximum Gasteiger partial charge on any atom is 0.0596 e. The van der Waals surface area contributed by atoms with Gasteiger partial charge in [-0.25, -0.2) is 0 Å². The zero-order chi connectivity index (χ0) is 11.6. The molecule has 0 aliphatic carbocycles. The third-order valence-electron chi connectivity index (χ3n) is 3.16. The van der Waals surface area contributed by atoms with Gasteiger partial charge in [0.15, 0.2) is 0 Å². The number of hydrogen-bond acceptors (Lipinski definition) is 2. The number of nitrogens with two attached hydrogens (primary N) is 1. The van der Waals surface area contributed by atoms with E-state index in [1.165, 1.54) is 0 Å². The van der Waals surface area contributed by atoms with Gasteiger partial charge >= 0.3 is 0 Å². The molecule has 1 aromatic rings. The lowest BCUT2D eigenvalue weighted by Gasteiger charge is -2.28. The molecular weight excluding hydrogens is 222 g/mol. The van der Waals surface area contributed by atoms with Crippen molar-refractivity contribution in [3.63, 3.8) is 0 Å². The summed E-state index contributed by atoms with van der Waals surface area (Å²) in [5.41, 5.74) is 6.95. The van der Waals surface area contributed by atoms with E-state index in [-0.39, 0.29) is 6.10 Å². The van der Waals surface area contributed by atoms with Gasteiger partial charge in [-0.2, -0.15) is 0 Å². The molecular formula is C13H18ClNO. The first-order chi connectivity index (χ1) is 7.59. The topological polar surface area (TPSA) is 35.2 Å². The van der Waals surface area contributed by atoms with Crippen molar-refractivity contribution in [2.45, 2.75) is 37.8 Å². The summed E-state index contributed by atoms with van der Waals surface area (Å²) >= 11 is 6.17. The zero-order valence-electron chi connectivity index (χ0n) is 9.58. The summed E-state index contributed by atoms with van der Waals surface area (Å²) in [6, 6.07) is 7.78. The molecule has 0 bridgehead atoms. The van der Waals surface area contributed by atoms with E-state index in [9.17, 15) is 0 Å². The van der Waals surface area contributed by atoms with Gasteiger partial charge < -0.3 is 10.5 Å². The zero-order valence-corrected chi connectivity index (χ0v) is 10.3. The molecule has 16 heavy (non-hydrogen) atoms. The van der Waals surface area contributed by atoms with Gasteiger partial charge in [0.05, 0.1) is 6.10 Å². The highest BCUT2D eigenvalue weighted by molar-refractivity contribution is 6.31. The molecule has 1 aromatic carbocycles. The average Bonchev–Trinajstić information content (AvgIpc) is 2.70. The lowest BCUT2D eigenvalue weighted by atomic mass is 9.87. The van der Waals surface area contributed by atoms with Gasteiger partial charge in [0.25, 0.3) is 0 Å². The highest BCUT2D eigenvalue weighted by atomic mass is 35.5. The van der Waals surface area contributed by atoms with Crippen molar-refractivity contribution in [1.82, 2.24) is 0 Å². The fraction of sp³-hybridized carbons (Fsp3) is 0.538. The van der Waals surface area contributed by atoms with E-state index in [2.05, 4.69) is 0 Å². The van der Waals surface area contributed by atoms with Crippen molar-refractivity contribution in [2.24, 2.45) is 5.73 Å². The molecule has 1 aliphatic heterocycles. The highest BCUT2D eigenvalue weighted by Gasteiger charge is 2.29. The molecule has 88 valence electrons. The van der Waals surface area contributed by atoms with Crippen LogP contribution in [-0.2, 0) is 10.3 Å². The van der Waals surface area contributed by atoms with Crippen LogP contribution in [-0.4, -0.2) is 12.7 Å². The van der Waals surface area contributed by atoms with Gasteiger partial charge in [-0.15, -0.1) is 0 Å². The number of rotatable bonds is 3. The Balaban J connectivity index is 2.14. The quantitative estimate of drug-likeness (QED) is 0.880. The molecule has 1 saturated heterocycles. The monoisotopic (exact) mass is 239 g/mol. The number of benzene rings is 1. The molecule has 0 aromatic heterocycles. The lowest BCUT2D eigenvalue weighted by Crippen LogP contribution is -2.37. The maximum absolute atomic E-state index is 6.35. The summed E-state index contributed by atoms with van der Waals surface area (Å²) in [4.78, 5) is 0. The summed E-state index contributed by atoms with van der Waals surface area (Å²) < 4.78 is 5.63. The second-order valence-corrected chi connectivity index (χ2v) is 5.14. The van der Waals surface area contributed by atoms with Crippen molar-refractivity contribution >= 4 is 11.6 Å². The molecule has 1 heterocycles. The molecule has 1 aliphatic rings. The molecule has 1 fully saturated rings. The SMILES string of the molecule is CC(N)(CC1CCCO1)c1ccccc1Cl. The van der Waals surface area contributed by atoms with Crippen LogP contribution in [0.4, 0.5) is 0 Å². The molecule has 2 rings (SSSR count). The molecule has 0 radical (unpaired) electrons. The van der Waals surface area contributed by atoms with E-state index in [1.54, 1.807) is 0 Å². The predicted molar refractivity (Wildman–Crippen MR) is 66.6 cm³/mol. The van der Waals surface area contributed by atoms with E-state index in [0.29, 0.717) is 0 Å². The second-order valence-electron chi connectivity index (χ2n) is 4.74. The minimum atomic E-state index is -0.409. The highest BCUT2D eigenvalue weighted by Crippen LogP contribution is 2.32. The Labute approximate surface area is 102 Å². The van der Waals surface area contributed by atoms with Crippen LogP contribution in [0.25, 0.3) is 0 Å². The van der Waals surface area contributed by atoms with Crippen molar-refractivity contribution in [3.8, 4) is 0 Å². The maximum atomic E-state index is 6.35. The van der Waals surface area contributed by atoms with Crippen LogP contribution in [0, 0.1) is 0 Å². The van der Waals surface area contributed by atoms with Gasteiger partial charge in [0.2, 0.25) is 0 Å². The predicted octanol–water partition coefficient (Wildman–Crippen LogP) is 3.08. The Morgan fingerprint density at radius 3 is 2.88 bits per heavy atom. The first-order valence-corrected chi connectivity index (χ1v) is 6.13. The number of halogens is 1. The van der Waals surface area contributed by atoms with Crippen molar-refractivity contribution in [3.05, 3.63) is 34.9 Å². The summed E-state index contributed by atoms with van der Waals surface area (Å²) in [7, 11) is 0. The van der Waals surface area contributed by atoms with Crippen molar-refractivity contribution in [1.29, 1.82) is 0 Å². The van der Waals surface area contributed by atoms with Crippen LogP contribution in [0.15, 0.2) is 24.3 Å². The normalized spacial score (nSPS) is 24.3. The summed E-state index contributed by atoms with van der Waals surface area (Å²) in [6.07, 6.45) is 3.36. The third-order valence-corrected chi connectivity index (χ3v) is 3.49. The number of ether oxygens (including phenoxy) is 1. The Hall–Kier alpha value is -0.570. The van der Waals surface area contributed by atoms with Crippen molar-refractivity contribution in [2.75, 3.05) is 6.61 Å². The Morgan fingerprint density at radius 2 is 2.25 bits per heavy atom. The minimum absolute atomic E-state index is 0.284. The molecule has 2 nitrogen and oxygen atoms in total. The van der Waals surface area contributed by atoms with Gasteiger partial charge in [0.1, 0.15) is 0 Å². The fourth-order valence-corrected chi connectivity index (χ4v) is 2.66. The van der Waals surface area contributed by atoms with Crippen LogP contribution < -0.4 is 5.73 Å². The molecule has 0 amide bonds. The Bertz CT molecular complexity index is 359. The van der Waals surface area contributed by atoms with E-state index >= 15 is 0 Å². The first-order valence-electron chi connectivity index (χ1n) is 5.75. The van der Waals surface area contributed by atoms with Gasteiger partial charge in [-0.3, -0.25) is 0 Å². The second kappa shape index (κ2) is 4.74. The Kier molecular flexibility index (Phi) is 3.53. The molecule has 0 saturated carbocycles. The molecule has 2 atom stereocenters. The average molecular weight is 240 g/mol. The van der Waals surface area contributed by atoms with Crippen LogP contribution in [0.2, 0.25) is 5.02 Å². The van der Waals surface area contributed by atoms with E-state index in [4.69, 9.17) is 22.1 Å².